The summed E-state index contributed by atoms with van der Waals surface area (Å²) in [6.07, 6.45) is 2.51. The fraction of sp³-hybridized carbons (Fsp3) is 0.533. The quantitative estimate of drug-likeness (QED) is 0.812. The molecule has 0 saturated carbocycles. The van der Waals surface area contributed by atoms with Crippen molar-refractivity contribution in [3.8, 4) is 6.07 Å². The number of rotatable bonds is 6. The molecule has 0 bridgehead atoms. The third-order valence-electron chi connectivity index (χ3n) is 3.42. The molecular weight excluding hydrogens is 227 g/mol. The van der Waals surface area contributed by atoms with Gasteiger partial charge < -0.3 is 5.32 Å². The molecule has 1 aromatic carbocycles. The molecule has 0 aliphatic carbocycles. The first-order valence-electron chi connectivity index (χ1n) is 6.50. The summed E-state index contributed by atoms with van der Waals surface area (Å²) in [4.78, 5) is 0. The van der Waals surface area contributed by atoms with E-state index in [0.29, 0.717) is 18.0 Å². The number of nitriles is 1. The molecule has 1 aromatic rings. The van der Waals surface area contributed by atoms with E-state index in [1.165, 1.54) is 12.1 Å². The number of hydrogen-bond donors (Lipinski definition) is 1. The summed E-state index contributed by atoms with van der Waals surface area (Å²) >= 11 is 0. The molecule has 1 rings (SSSR count). The molecule has 2 unspecified atom stereocenters. The molecule has 18 heavy (non-hydrogen) atoms. The summed E-state index contributed by atoms with van der Waals surface area (Å²) in [6, 6.07) is 8.64. The number of hydrogen-bond acceptors (Lipinski definition) is 2. The van der Waals surface area contributed by atoms with Crippen molar-refractivity contribution in [3.63, 3.8) is 0 Å². The summed E-state index contributed by atoms with van der Waals surface area (Å²) in [5.74, 6) is 0.178. The van der Waals surface area contributed by atoms with Gasteiger partial charge in [0.25, 0.3) is 0 Å². The zero-order valence-corrected chi connectivity index (χ0v) is 11.3. The molecule has 0 heterocycles. The van der Waals surface area contributed by atoms with Crippen LogP contribution in [-0.4, -0.2) is 5.54 Å². The zero-order valence-electron chi connectivity index (χ0n) is 11.3. The van der Waals surface area contributed by atoms with Gasteiger partial charge in [0.2, 0.25) is 0 Å². The Morgan fingerprint density at radius 2 is 2.17 bits per heavy atom. The Bertz CT molecular complexity index is 425. The average Bonchev–Trinajstić information content (AvgIpc) is 2.37. The average molecular weight is 248 g/mol. The lowest BCUT2D eigenvalue weighted by Gasteiger charge is -2.30. The lowest BCUT2D eigenvalue weighted by molar-refractivity contribution is 0.404. The standard InChI is InChI=1S/C15H21FN2/c1-4-12(3)10-15(5-2,11-17)18-14-8-6-7-13(16)9-14/h6-9,12,18H,4-5,10H2,1-3H3. The highest BCUT2D eigenvalue weighted by Gasteiger charge is 2.29. The van der Waals surface area contributed by atoms with Crippen LogP contribution in [0.1, 0.15) is 40.0 Å². The maximum absolute atomic E-state index is 13.2. The minimum absolute atomic E-state index is 0.286. The van der Waals surface area contributed by atoms with Crippen LogP contribution in [0.25, 0.3) is 0 Å². The van der Waals surface area contributed by atoms with Crippen LogP contribution in [0.4, 0.5) is 10.1 Å². The van der Waals surface area contributed by atoms with E-state index in [1.54, 1.807) is 12.1 Å². The molecule has 0 amide bonds. The fourth-order valence-corrected chi connectivity index (χ4v) is 2.02. The molecule has 2 nitrogen and oxygen atoms in total. The van der Waals surface area contributed by atoms with Gasteiger partial charge in [-0.1, -0.05) is 33.3 Å². The molecule has 0 radical (unpaired) electrons. The van der Waals surface area contributed by atoms with Gasteiger partial charge in [-0.25, -0.2) is 4.39 Å². The monoisotopic (exact) mass is 248 g/mol. The second-order valence-electron chi connectivity index (χ2n) is 4.90. The predicted molar refractivity (Wildman–Crippen MR) is 72.7 cm³/mol. The van der Waals surface area contributed by atoms with Gasteiger partial charge >= 0.3 is 0 Å². The lowest BCUT2D eigenvalue weighted by Crippen LogP contribution is -2.37. The highest BCUT2D eigenvalue weighted by Crippen LogP contribution is 2.27. The maximum Gasteiger partial charge on any atom is 0.125 e. The van der Waals surface area contributed by atoms with E-state index in [0.717, 1.165) is 12.8 Å². The van der Waals surface area contributed by atoms with Crippen LogP contribution in [0.3, 0.4) is 0 Å². The molecule has 98 valence electrons. The van der Waals surface area contributed by atoms with Crippen molar-refractivity contribution in [2.75, 3.05) is 5.32 Å². The van der Waals surface area contributed by atoms with Crippen molar-refractivity contribution in [2.24, 2.45) is 5.92 Å². The predicted octanol–water partition coefficient (Wildman–Crippen LogP) is 4.35. The van der Waals surface area contributed by atoms with Crippen molar-refractivity contribution in [2.45, 2.75) is 45.6 Å². The topological polar surface area (TPSA) is 35.8 Å². The van der Waals surface area contributed by atoms with Gasteiger partial charge in [0.15, 0.2) is 0 Å². The number of nitrogens with one attached hydrogen (secondary N) is 1. The molecule has 0 aliphatic rings. The summed E-state index contributed by atoms with van der Waals surface area (Å²) < 4.78 is 13.2. The largest absolute Gasteiger partial charge is 0.367 e. The van der Waals surface area contributed by atoms with E-state index >= 15 is 0 Å². The molecular formula is C15H21FN2. The Kier molecular flexibility index (Phi) is 5.15. The van der Waals surface area contributed by atoms with Crippen molar-refractivity contribution >= 4 is 5.69 Å². The van der Waals surface area contributed by atoms with Crippen LogP contribution >= 0.6 is 0 Å². The van der Waals surface area contributed by atoms with Gasteiger partial charge in [-0.3, -0.25) is 0 Å². The molecule has 0 fully saturated rings. The molecule has 0 spiro atoms. The van der Waals surface area contributed by atoms with Gasteiger partial charge in [0.05, 0.1) is 6.07 Å². The normalized spacial score (nSPS) is 15.5. The van der Waals surface area contributed by atoms with E-state index in [9.17, 15) is 9.65 Å². The molecule has 1 N–H and O–H groups in total. The van der Waals surface area contributed by atoms with Crippen molar-refractivity contribution in [3.05, 3.63) is 30.1 Å². The Hall–Kier alpha value is -1.56. The molecule has 0 aliphatic heterocycles. The molecule has 3 heteroatoms. The van der Waals surface area contributed by atoms with Crippen LogP contribution in [0, 0.1) is 23.1 Å². The van der Waals surface area contributed by atoms with Crippen molar-refractivity contribution < 1.29 is 4.39 Å². The van der Waals surface area contributed by atoms with Gasteiger partial charge in [0, 0.05) is 5.69 Å². The van der Waals surface area contributed by atoms with E-state index in [-0.39, 0.29) is 5.82 Å². The van der Waals surface area contributed by atoms with Crippen LogP contribution in [0.5, 0.6) is 0 Å². The molecule has 2 atom stereocenters. The first-order chi connectivity index (χ1) is 8.55. The van der Waals surface area contributed by atoms with E-state index < -0.39 is 5.54 Å². The van der Waals surface area contributed by atoms with Gasteiger partial charge in [-0.05, 0) is 37.0 Å². The first-order valence-corrected chi connectivity index (χ1v) is 6.50. The minimum Gasteiger partial charge on any atom is -0.367 e. The second-order valence-corrected chi connectivity index (χ2v) is 4.90. The lowest BCUT2D eigenvalue weighted by atomic mass is 9.85. The summed E-state index contributed by atoms with van der Waals surface area (Å²) in [5, 5.41) is 12.6. The third kappa shape index (κ3) is 3.73. The summed E-state index contributed by atoms with van der Waals surface area (Å²) in [7, 11) is 0. The van der Waals surface area contributed by atoms with E-state index in [1.807, 2.05) is 6.92 Å². The van der Waals surface area contributed by atoms with Crippen LogP contribution in [0.2, 0.25) is 0 Å². The zero-order chi connectivity index (χ0) is 13.6. The molecule has 0 aromatic heterocycles. The second kappa shape index (κ2) is 6.39. The Morgan fingerprint density at radius 3 is 2.67 bits per heavy atom. The highest BCUT2D eigenvalue weighted by atomic mass is 19.1. The Morgan fingerprint density at radius 1 is 1.44 bits per heavy atom. The SMILES string of the molecule is CCC(C)CC(C#N)(CC)Nc1cccc(F)c1. The fourth-order valence-electron chi connectivity index (χ4n) is 2.02. The summed E-state index contributed by atoms with van der Waals surface area (Å²) in [6.45, 7) is 6.23. The van der Waals surface area contributed by atoms with Gasteiger partial charge in [-0.2, -0.15) is 5.26 Å². The molecule has 0 saturated heterocycles. The summed E-state index contributed by atoms with van der Waals surface area (Å²) in [5.41, 5.74) is 0.0603. The minimum atomic E-state index is -0.608. The number of halogens is 1. The smallest absolute Gasteiger partial charge is 0.125 e. The Balaban J connectivity index is 2.89. The highest BCUT2D eigenvalue weighted by molar-refractivity contribution is 5.47. The van der Waals surface area contributed by atoms with Crippen LogP contribution in [-0.2, 0) is 0 Å². The van der Waals surface area contributed by atoms with Crippen LogP contribution in [0.15, 0.2) is 24.3 Å². The first kappa shape index (κ1) is 14.5. The van der Waals surface area contributed by atoms with E-state index in [2.05, 4.69) is 25.2 Å². The van der Waals surface area contributed by atoms with Crippen LogP contribution < -0.4 is 5.32 Å². The number of nitrogens with zero attached hydrogens (tertiary/aromatic N) is 1. The third-order valence-corrected chi connectivity index (χ3v) is 3.42. The van der Waals surface area contributed by atoms with E-state index in [4.69, 9.17) is 0 Å². The van der Waals surface area contributed by atoms with Gasteiger partial charge in [-0.15, -0.1) is 0 Å². The van der Waals surface area contributed by atoms with Gasteiger partial charge in [0.1, 0.15) is 11.4 Å². The Labute approximate surface area is 109 Å². The maximum atomic E-state index is 13.2. The van der Waals surface area contributed by atoms with Crippen molar-refractivity contribution in [1.29, 1.82) is 5.26 Å². The number of benzene rings is 1. The van der Waals surface area contributed by atoms with Crippen molar-refractivity contribution in [1.82, 2.24) is 0 Å². The number of anilines is 1.